The summed E-state index contributed by atoms with van der Waals surface area (Å²) in [5.74, 6) is -0.261. The van der Waals surface area contributed by atoms with Gasteiger partial charge in [-0.05, 0) is 30.7 Å². The van der Waals surface area contributed by atoms with Gasteiger partial charge < -0.3 is 9.88 Å². The number of para-hydroxylation sites is 2. The lowest BCUT2D eigenvalue weighted by Crippen LogP contribution is -2.42. The summed E-state index contributed by atoms with van der Waals surface area (Å²) in [7, 11) is -3.17. The van der Waals surface area contributed by atoms with Gasteiger partial charge in [0.05, 0.1) is 35.2 Å². The molecule has 0 radical (unpaired) electrons. The van der Waals surface area contributed by atoms with Crippen molar-refractivity contribution in [2.75, 3.05) is 22.2 Å². The van der Waals surface area contributed by atoms with Gasteiger partial charge in [0.1, 0.15) is 5.39 Å². The number of carbonyl (C=O) groups is 1. The zero-order chi connectivity index (χ0) is 23.7. The SMILES string of the molecule is O=C(CSc1nc2c(cnn2-c2ccccc2)c(=O)[nH]1)N(c1ccccc1)C1CCS(=O)(=O)C1. The molecule has 2 aromatic carbocycles. The first-order valence-corrected chi connectivity index (χ1v) is 13.5. The lowest BCUT2D eigenvalue weighted by molar-refractivity contribution is -0.116. The monoisotopic (exact) mass is 495 g/mol. The highest BCUT2D eigenvalue weighted by Gasteiger charge is 2.35. The minimum absolute atomic E-state index is 0.0145. The molecular formula is C23H21N5O4S2. The van der Waals surface area contributed by atoms with Crippen molar-refractivity contribution < 1.29 is 13.2 Å². The standard InChI is InChI=1S/C23H21N5O4S2/c29-20(27(16-7-3-1-4-8-16)18-11-12-34(31,32)15-18)14-33-23-25-21-19(22(30)26-23)13-24-28(21)17-9-5-2-6-10-17/h1-10,13,18H,11-12,14-15H2,(H,25,26,30). The number of aromatic nitrogens is 4. The topological polar surface area (TPSA) is 118 Å². The van der Waals surface area contributed by atoms with Crippen molar-refractivity contribution >= 4 is 44.2 Å². The molecule has 1 fully saturated rings. The fourth-order valence-corrected chi connectivity index (χ4v) is 6.47. The highest BCUT2D eigenvalue weighted by Crippen LogP contribution is 2.26. The van der Waals surface area contributed by atoms with Gasteiger partial charge in [0, 0.05) is 5.69 Å². The maximum absolute atomic E-state index is 13.3. The number of nitrogens with zero attached hydrogens (tertiary/aromatic N) is 4. The van der Waals surface area contributed by atoms with Crippen molar-refractivity contribution in [2.45, 2.75) is 17.6 Å². The molecule has 9 nitrogen and oxygen atoms in total. The van der Waals surface area contributed by atoms with E-state index in [4.69, 9.17) is 0 Å². The largest absolute Gasteiger partial charge is 0.308 e. The summed E-state index contributed by atoms with van der Waals surface area (Å²) >= 11 is 1.10. The van der Waals surface area contributed by atoms with Crippen molar-refractivity contribution in [1.82, 2.24) is 19.7 Å². The Morgan fingerprint density at radius 2 is 1.82 bits per heavy atom. The van der Waals surface area contributed by atoms with Crippen LogP contribution in [0.5, 0.6) is 0 Å². The summed E-state index contributed by atoms with van der Waals surface area (Å²) in [6.07, 6.45) is 1.86. The zero-order valence-corrected chi connectivity index (χ0v) is 19.6. The number of thioether (sulfide) groups is 1. The van der Waals surface area contributed by atoms with Crippen LogP contribution in [-0.2, 0) is 14.6 Å². The van der Waals surface area contributed by atoms with Crippen LogP contribution in [0.3, 0.4) is 0 Å². The lowest BCUT2D eigenvalue weighted by atomic mass is 10.2. The number of fused-ring (bicyclic) bond motifs is 1. The minimum Gasteiger partial charge on any atom is -0.308 e. The van der Waals surface area contributed by atoms with Gasteiger partial charge in [-0.3, -0.25) is 9.59 Å². The van der Waals surface area contributed by atoms with Crippen LogP contribution in [0.1, 0.15) is 6.42 Å². The van der Waals surface area contributed by atoms with Gasteiger partial charge in [-0.15, -0.1) is 0 Å². The second-order valence-corrected chi connectivity index (χ2v) is 11.1. The first kappa shape index (κ1) is 22.4. The van der Waals surface area contributed by atoms with E-state index < -0.39 is 15.9 Å². The Bertz CT molecular complexity index is 1500. The fraction of sp³-hybridized carbons (Fsp3) is 0.217. The molecule has 4 aromatic rings. The number of amides is 1. The summed E-state index contributed by atoms with van der Waals surface area (Å²) in [4.78, 5) is 34.7. The van der Waals surface area contributed by atoms with Crippen LogP contribution >= 0.6 is 11.8 Å². The summed E-state index contributed by atoms with van der Waals surface area (Å²) in [5.41, 5.74) is 1.46. The van der Waals surface area contributed by atoms with E-state index in [0.29, 0.717) is 23.1 Å². The van der Waals surface area contributed by atoms with Crippen molar-refractivity contribution in [3.8, 4) is 5.69 Å². The number of H-pyrrole nitrogens is 1. The third kappa shape index (κ3) is 4.48. The highest BCUT2D eigenvalue weighted by molar-refractivity contribution is 7.99. The van der Waals surface area contributed by atoms with Gasteiger partial charge >= 0.3 is 0 Å². The Hall–Kier alpha value is -3.44. The van der Waals surface area contributed by atoms with Gasteiger partial charge in [-0.25, -0.2) is 18.1 Å². The Kier molecular flexibility index (Phi) is 5.96. The van der Waals surface area contributed by atoms with Gasteiger partial charge in [-0.2, -0.15) is 5.10 Å². The third-order valence-electron chi connectivity index (χ3n) is 5.63. The molecular weight excluding hydrogens is 474 g/mol. The molecule has 1 saturated heterocycles. The number of aromatic amines is 1. The number of anilines is 1. The average molecular weight is 496 g/mol. The number of benzene rings is 2. The third-order valence-corrected chi connectivity index (χ3v) is 8.23. The van der Waals surface area contributed by atoms with Crippen molar-refractivity contribution in [3.63, 3.8) is 0 Å². The molecule has 11 heteroatoms. The number of nitrogens with one attached hydrogen (secondary N) is 1. The Balaban J connectivity index is 1.41. The molecule has 0 saturated carbocycles. The predicted octanol–water partition coefficient (Wildman–Crippen LogP) is 2.42. The maximum atomic E-state index is 13.3. The van der Waals surface area contributed by atoms with E-state index in [1.54, 1.807) is 21.7 Å². The number of hydrogen-bond donors (Lipinski definition) is 1. The second-order valence-electron chi connectivity index (χ2n) is 7.95. The Morgan fingerprint density at radius 3 is 2.50 bits per heavy atom. The number of hydrogen-bond acceptors (Lipinski definition) is 7. The summed E-state index contributed by atoms with van der Waals surface area (Å²) in [5, 5.41) is 4.93. The molecule has 1 atom stereocenters. The van der Waals surface area contributed by atoms with Gasteiger partial charge in [0.2, 0.25) is 5.91 Å². The quantitative estimate of drug-likeness (QED) is 0.322. The van der Waals surface area contributed by atoms with E-state index in [-0.39, 0.29) is 33.9 Å². The van der Waals surface area contributed by atoms with Crippen LogP contribution in [0.2, 0.25) is 0 Å². The van der Waals surface area contributed by atoms with E-state index in [1.807, 2.05) is 48.5 Å². The first-order chi connectivity index (χ1) is 16.4. The second kappa shape index (κ2) is 9.07. The summed E-state index contributed by atoms with van der Waals surface area (Å²) in [6.45, 7) is 0. The molecule has 5 rings (SSSR count). The van der Waals surface area contributed by atoms with E-state index in [0.717, 1.165) is 17.4 Å². The van der Waals surface area contributed by atoms with Crippen LogP contribution < -0.4 is 10.5 Å². The van der Waals surface area contributed by atoms with Crippen LogP contribution in [0, 0.1) is 0 Å². The molecule has 1 aliphatic heterocycles. The molecule has 1 aliphatic rings. The van der Waals surface area contributed by atoms with E-state index >= 15 is 0 Å². The van der Waals surface area contributed by atoms with E-state index in [1.165, 1.54) is 6.20 Å². The first-order valence-electron chi connectivity index (χ1n) is 10.6. The fourth-order valence-electron chi connectivity index (χ4n) is 4.05. The highest BCUT2D eigenvalue weighted by atomic mass is 32.2. The van der Waals surface area contributed by atoms with Crippen LogP contribution in [-0.4, -0.2) is 57.4 Å². The predicted molar refractivity (Wildman–Crippen MR) is 131 cm³/mol. The van der Waals surface area contributed by atoms with Gasteiger partial charge in [0.15, 0.2) is 20.6 Å². The number of carbonyl (C=O) groups excluding carboxylic acids is 1. The molecule has 174 valence electrons. The molecule has 1 unspecified atom stereocenters. The normalized spacial score (nSPS) is 17.1. The number of rotatable bonds is 6. The average Bonchev–Trinajstić information content (AvgIpc) is 3.42. The van der Waals surface area contributed by atoms with E-state index in [9.17, 15) is 18.0 Å². The van der Waals surface area contributed by atoms with Gasteiger partial charge in [0.25, 0.3) is 5.56 Å². The van der Waals surface area contributed by atoms with E-state index in [2.05, 4.69) is 15.1 Å². The smallest absolute Gasteiger partial charge is 0.262 e. The van der Waals surface area contributed by atoms with Crippen LogP contribution in [0.15, 0.2) is 76.8 Å². The van der Waals surface area contributed by atoms with Gasteiger partial charge in [-0.1, -0.05) is 48.2 Å². The Labute approximate surface area is 199 Å². The molecule has 1 N–H and O–H groups in total. The van der Waals surface area contributed by atoms with Crippen LogP contribution in [0.25, 0.3) is 16.7 Å². The van der Waals surface area contributed by atoms with Crippen molar-refractivity contribution in [3.05, 3.63) is 77.2 Å². The molecule has 0 aliphatic carbocycles. The molecule has 34 heavy (non-hydrogen) atoms. The molecule has 3 heterocycles. The minimum atomic E-state index is -3.17. The molecule has 0 bridgehead atoms. The maximum Gasteiger partial charge on any atom is 0.262 e. The molecule has 1 amide bonds. The molecule has 2 aromatic heterocycles. The summed E-state index contributed by atoms with van der Waals surface area (Å²) in [6, 6.07) is 18.0. The van der Waals surface area contributed by atoms with Crippen molar-refractivity contribution in [1.29, 1.82) is 0 Å². The number of sulfone groups is 1. The Morgan fingerprint density at radius 1 is 1.12 bits per heavy atom. The summed E-state index contributed by atoms with van der Waals surface area (Å²) < 4.78 is 25.7. The lowest BCUT2D eigenvalue weighted by Gasteiger charge is -2.28. The van der Waals surface area contributed by atoms with Crippen molar-refractivity contribution in [2.24, 2.45) is 0 Å². The van der Waals surface area contributed by atoms with Crippen LogP contribution in [0.4, 0.5) is 5.69 Å². The zero-order valence-electron chi connectivity index (χ0n) is 18.0. The molecule has 0 spiro atoms.